The van der Waals surface area contributed by atoms with Crippen LogP contribution >= 0.6 is 0 Å². The highest BCUT2D eigenvalue weighted by Gasteiger charge is 2.65. The molecule has 6 rings (SSSR count). The van der Waals surface area contributed by atoms with Gasteiger partial charge in [0.05, 0.1) is 37.8 Å². The molecule has 4 aliphatic carbocycles. The van der Waals surface area contributed by atoms with Crippen LogP contribution in [0.15, 0.2) is 58.4 Å². The molecular weight excluding hydrogens is 768 g/mol. The monoisotopic (exact) mass is 824 g/mol. The van der Waals surface area contributed by atoms with Gasteiger partial charge in [0.1, 0.15) is 29.8 Å². The maximum absolute atomic E-state index is 15.1. The van der Waals surface area contributed by atoms with E-state index < -0.39 is 117 Å². The van der Waals surface area contributed by atoms with E-state index in [0.717, 1.165) is 19.6 Å². The predicted molar refractivity (Wildman–Crippen MR) is 209 cm³/mol. The number of amides is 1. The number of ether oxygens (including phenoxy) is 5. The summed E-state index contributed by atoms with van der Waals surface area (Å²) in [4.78, 5) is 78.7. The second kappa shape index (κ2) is 16.1. The lowest BCUT2D eigenvalue weighted by molar-refractivity contribution is -0.584. The van der Waals surface area contributed by atoms with E-state index in [2.05, 4.69) is 5.32 Å². The van der Waals surface area contributed by atoms with Gasteiger partial charge in [-0.05, 0) is 68.6 Å². The summed E-state index contributed by atoms with van der Waals surface area (Å²) in [6, 6.07) is -1.09. The summed E-state index contributed by atoms with van der Waals surface area (Å²) >= 11 is 0. The van der Waals surface area contributed by atoms with Crippen LogP contribution in [0.5, 0.6) is 0 Å². The van der Waals surface area contributed by atoms with E-state index in [1.165, 1.54) is 13.0 Å². The highest BCUT2D eigenvalue weighted by atomic mass is 16.7. The molecular formula is C43H56N2O14. The lowest BCUT2D eigenvalue weighted by Crippen LogP contribution is -2.65. The lowest BCUT2D eigenvalue weighted by atomic mass is 9.49. The average molecular weight is 825 g/mol. The summed E-state index contributed by atoms with van der Waals surface area (Å²) in [5.74, 6) is -6.03. The van der Waals surface area contributed by atoms with Gasteiger partial charge in [0.15, 0.2) is 11.9 Å². The van der Waals surface area contributed by atoms with E-state index in [1.54, 1.807) is 26.8 Å². The van der Waals surface area contributed by atoms with E-state index in [4.69, 9.17) is 23.7 Å². The van der Waals surface area contributed by atoms with Crippen LogP contribution in [0.1, 0.15) is 81.1 Å². The zero-order valence-electron chi connectivity index (χ0n) is 35.0. The minimum atomic E-state index is -2.14. The van der Waals surface area contributed by atoms with Crippen LogP contribution in [0.2, 0.25) is 0 Å². The molecule has 2 aliphatic heterocycles. The number of nitrogens with one attached hydrogen (secondary N) is 1. The van der Waals surface area contributed by atoms with Gasteiger partial charge in [-0.3, -0.25) is 24.5 Å². The molecule has 322 valence electrons. The topological polar surface area (TPSA) is 227 Å². The largest absolute Gasteiger partial charge is 0.511 e. The highest BCUT2D eigenvalue weighted by Crippen LogP contribution is 2.60. The van der Waals surface area contributed by atoms with Crippen LogP contribution in [0, 0.1) is 51.0 Å². The minimum Gasteiger partial charge on any atom is -0.511 e. The lowest BCUT2D eigenvalue weighted by Gasteiger charge is -2.55. The molecule has 2 bridgehead atoms. The molecule has 2 heterocycles. The van der Waals surface area contributed by atoms with Gasteiger partial charge in [-0.1, -0.05) is 50.6 Å². The van der Waals surface area contributed by atoms with Crippen molar-refractivity contribution in [1.82, 2.24) is 5.32 Å². The molecule has 1 saturated carbocycles. The molecule has 2 saturated heterocycles. The van der Waals surface area contributed by atoms with Crippen molar-refractivity contribution in [2.24, 2.45) is 40.9 Å². The summed E-state index contributed by atoms with van der Waals surface area (Å²) in [5.41, 5.74) is -4.55. The second-order valence-electron chi connectivity index (χ2n) is 17.8. The maximum atomic E-state index is 15.1. The van der Waals surface area contributed by atoms with Crippen molar-refractivity contribution in [2.45, 2.75) is 129 Å². The number of alkyl carbamates (subject to hydrolysis) is 1. The van der Waals surface area contributed by atoms with E-state index in [1.807, 2.05) is 39.0 Å². The fourth-order valence-corrected chi connectivity index (χ4v) is 11.1. The molecule has 3 fully saturated rings. The number of methoxy groups -OCH3 is 1. The van der Waals surface area contributed by atoms with E-state index >= 15 is 4.79 Å². The van der Waals surface area contributed by atoms with Gasteiger partial charge in [0.2, 0.25) is 11.3 Å². The second-order valence-corrected chi connectivity index (χ2v) is 17.8. The SMILES string of the molecule is COC(=O)N[C@H]1[C@@H](C)O[C@@H](O[C@H]2C/C=C(/C)[C@@H]3C=C[C@@H]4[C@@H](O)[C@@H](C)C[C@H](C)[C@H]4[C@]3(C)/C(O)=C3\C(=O)OC4(CC(C=O)=C[C@H](OC(C)=O)[C@H]4/C=C/2C)C3=O)C[C@]1(C)[N+](=O)[O-]. The van der Waals surface area contributed by atoms with Gasteiger partial charge in [-0.15, -0.1) is 0 Å². The molecule has 16 nitrogen and oxygen atoms in total. The molecule has 15 atom stereocenters. The van der Waals surface area contributed by atoms with Gasteiger partial charge in [-0.25, -0.2) is 9.59 Å². The summed E-state index contributed by atoms with van der Waals surface area (Å²) in [6.07, 6.45) is 3.42. The number of nitrogens with zero attached hydrogens (tertiary/aromatic N) is 1. The third-order valence-corrected chi connectivity index (χ3v) is 14.0. The summed E-state index contributed by atoms with van der Waals surface area (Å²) in [7, 11) is 1.15. The number of hydrogen-bond acceptors (Lipinski definition) is 14. The van der Waals surface area contributed by atoms with Crippen LogP contribution in [0.25, 0.3) is 0 Å². The quantitative estimate of drug-likeness (QED) is 0.0624. The molecule has 1 amide bonds. The summed E-state index contributed by atoms with van der Waals surface area (Å²) in [6.45, 7) is 13.5. The van der Waals surface area contributed by atoms with Gasteiger partial charge >= 0.3 is 18.0 Å². The van der Waals surface area contributed by atoms with Gasteiger partial charge in [0, 0.05) is 42.4 Å². The van der Waals surface area contributed by atoms with Crippen molar-refractivity contribution in [2.75, 3.05) is 7.11 Å². The van der Waals surface area contributed by atoms with Crippen LogP contribution < -0.4 is 5.32 Å². The molecule has 6 aliphatic rings. The Morgan fingerprint density at radius 3 is 2.41 bits per heavy atom. The van der Waals surface area contributed by atoms with Crippen molar-refractivity contribution >= 4 is 30.1 Å². The number of nitro groups is 1. The Labute approximate surface area is 343 Å². The van der Waals surface area contributed by atoms with Crippen LogP contribution in [0.4, 0.5) is 4.79 Å². The number of carbonyl (C=O) groups is 5. The minimum absolute atomic E-state index is 0.0385. The Hall–Kier alpha value is -4.67. The molecule has 0 radical (unpaired) electrons. The Balaban J connectivity index is 1.54. The van der Waals surface area contributed by atoms with Gasteiger partial charge in [-0.2, -0.15) is 0 Å². The summed E-state index contributed by atoms with van der Waals surface area (Å²) in [5, 5.41) is 39.3. The fourth-order valence-electron chi connectivity index (χ4n) is 11.1. The van der Waals surface area contributed by atoms with E-state index in [0.29, 0.717) is 18.3 Å². The number of allylic oxidation sites excluding steroid dienone is 3. The first-order valence-electron chi connectivity index (χ1n) is 20.2. The van der Waals surface area contributed by atoms with E-state index in [-0.39, 0.29) is 36.7 Å². The number of aliphatic hydroxyl groups is 2. The number of ketones is 1. The Kier molecular flexibility index (Phi) is 12.0. The molecule has 1 unspecified atom stereocenters. The summed E-state index contributed by atoms with van der Waals surface area (Å²) < 4.78 is 29.3. The standard InChI is InChI=1S/C43H56N2O14/c1-20-10-13-30(58-32-18-41(7,45(53)54)36(24(5)56-32)44-40(52)55-9)21(2)15-29-31(57-25(6)47)16-26(19-46)17-43(29)38(50)33(39(51)59-43)37(49)42(8)28(20)12-11-27-34(42)22(3)14-23(4)35(27)48/h10-12,15-16,19,22-24,27-32,34-36,48-49H,13-14,17-18H2,1-9H3,(H,44,52)/b20-10-,21-15+,37-33+/t22-,23-,24+,27-,28-,29+,30-,31-,32-,34+,35-,36-,41-,42+,43?/m0/s1. The Bertz CT molecular complexity index is 1950. The molecule has 3 N–H and O–H groups in total. The van der Waals surface area contributed by atoms with E-state index in [9.17, 15) is 39.5 Å². The predicted octanol–water partition coefficient (Wildman–Crippen LogP) is 4.78. The molecule has 59 heavy (non-hydrogen) atoms. The van der Waals surface area contributed by atoms with Crippen LogP contribution in [-0.4, -0.2) is 100 Å². The Morgan fingerprint density at radius 1 is 1.08 bits per heavy atom. The van der Waals surface area contributed by atoms with Crippen LogP contribution in [0.3, 0.4) is 0 Å². The fraction of sp³-hybridized carbons (Fsp3) is 0.651. The zero-order valence-corrected chi connectivity index (χ0v) is 35.0. The zero-order chi connectivity index (χ0) is 43.5. The molecule has 0 aromatic carbocycles. The Morgan fingerprint density at radius 2 is 1.78 bits per heavy atom. The third kappa shape index (κ3) is 7.34. The number of hydrogen-bond donors (Lipinski definition) is 3. The van der Waals surface area contributed by atoms with Crippen molar-refractivity contribution in [3.05, 3.63) is 68.5 Å². The first kappa shape index (κ1) is 43.9. The number of aldehydes is 1. The smallest absolute Gasteiger partial charge is 0.407 e. The molecule has 1 spiro atoms. The molecule has 0 aromatic rings. The number of rotatable bonds is 6. The first-order valence-corrected chi connectivity index (χ1v) is 20.2. The molecule has 16 heteroatoms. The number of Topliss-reactive ketones (excluding diaryl/α,β-unsaturated/α-hetero) is 1. The van der Waals surface area contributed by atoms with Crippen molar-refractivity contribution in [3.63, 3.8) is 0 Å². The van der Waals surface area contributed by atoms with Crippen molar-refractivity contribution < 1.29 is 62.8 Å². The van der Waals surface area contributed by atoms with Gasteiger partial charge < -0.3 is 39.2 Å². The maximum Gasteiger partial charge on any atom is 0.407 e. The number of fused-ring (bicyclic) bond motifs is 4. The number of aliphatic hydroxyl groups excluding tert-OH is 2. The van der Waals surface area contributed by atoms with Crippen LogP contribution in [-0.2, 0) is 42.9 Å². The third-order valence-electron chi connectivity index (χ3n) is 14.0. The average Bonchev–Trinajstić information content (AvgIpc) is 3.41. The van der Waals surface area contributed by atoms with Crippen molar-refractivity contribution in [1.29, 1.82) is 0 Å². The highest BCUT2D eigenvalue weighted by molar-refractivity contribution is 6.26. The number of esters is 2. The van der Waals surface area contributed by atoms with Gasteiger partial charge in [0.25, 0.3) is 0 Å². The van der Waals surface area contributed by atoms with Crippen molar-refractivity contribution in [3.8, 4) is 0 Å². The molecule has 0 aromatic heterocycles. The normalized spacial score (nSPS) is 45.1. The number of carbonyl (C=O) groups excluding carboxylic acids is 5. The first-order chi connectivity index (χ1) is 27.6.